The first-order valence-corrected chi connectivity index (χ1v) is 10.7. The Labute approximate surface area is 188 Å². The van der Waals surface area contributed by atoms with Crippen LogP contribution in [-0.2, 0) is 11.8 Å². The van der Waals surface area contributed by atoms with Crippen LogP contribution in [0.1, 0.15) is 18.9 Å². The summed E-state index contributed by atoms with van der Waals surface area (Å²) in [6.45, 7) is 1.88. The van der Waals surface area contributed by atoms with Crippen molar-refractivity contribution in [2.45, 2.75) is 18.2 Å². The van der Waals surface area contributed by atoms with Crippen LogP contribution >= 0.6 is 35.0 Å². The van der Waals surface area contributed by atoms with Crippen molar-refractivity contribution >= 4 is 46.6 Å². The largest absolute Gasteiger partial charge is 0.493 e. The number of anilines is 1. The van der Waals surface area contributed by atoms with Gasteiger partial charge in [-0.1, -0.05) is 47.1 Å². The molecule has 158 valence electrons. The summed E-state index contributed by atoms with van der Waals surface area (Å²) in [6.07, 6.45) is -0.363. The van der Waals surface area contributed by atoms with E-state index in [0.29, 0.717) is 38.2 Å². The second kappa shape index (κ2) is 10.1. The first-order valence-electron chi connectivity index (χ1n) is 8.95. The second-order valence-electron chi connectivity index (χ2n) is 6.28. The summed E-state index contributed by atoms with van der Waals surface area (Å²) in [5.41, 5.74) is 0.576. The Hall–Kier alpha value is -2.42. The lowest BCUT2D eigenvalue weighted by Crippen LogP contribution is -2.15. The number of methoxy groups -OCH3 is 1. The van der Waals surface area contributed by atoms with Crippen LogP contribution in [0.3, 0.4) is 0 Å². The number of para-hydroxylation sites is 2. The van der Waals surface area contributed by atoms with E-state index in [1.165, 1.54) is 11.8 Å². The molecule has 1 aromatic heterocycles. The highest BCUT2D eigenvalue weighted by molar-refractivity contribution is 7.99. The third-order valence-electron chi connectivity index (χ3n) is 4.14. The zero-order valence-electron chi connectivity index (χ0n) is 16.6. The van der Waals surface area contributed by atoms with Gasteiger partial charge in [0.15, 0.2) is 28.6 Å². The molecule has 1 amide bonds. The third kappa shape index (κ3) is 5.38. The number of rotatable bonds is 8. The van der Waals surface area contributed by atoms with Crippen molar-refractivity contribution in [1.82, 2.24) is 14.8 Å². The molecular formula is C20H20Cl2N4O3S. The summed E-state index contributed by atoms with van der Waals surface area (Å²) in [5.74, 6) is 1.86. The predicted molar refractivity (Wildman–Crippen MR) is 119 cm³/mol. The Morgan fingerprint density at radius 1 is 1.17 bits per heavy atom. The molecule has 0 aliphatic carbocycles. The van der Waals surface area contributed by atoms with Crippen LogP contribution in [0.4, 0.5) is 5.69 Å². The van der Waals surface area contributed by atoms with Crippen LogP contribution in [0.5, 0.6) is 11.5 Å². The number of benzene rings is 2. The van der Waals surface area contributed by atoms with E-state index in [0.717, 1.165) is 0 Å². The molecule has 2 aromatic carbocycles. The standard InChI is InChI=1S/C20H20Cl2N4O3S/c1-12(29-17-7-5-4-6-16(17)28-3)19-24-25-20(26(19)2)30-11-18(27)23-13-8-9-14(21)15(22)10-13/h4-10,12H,11H2,1-3H3,(H,23,27). The molecule has 0 spiro atoms. The number of halogens is 2. The quantitative estimate of drug-likeness (QED) is 0.470. The Morgan fingerprint density at radius 3 is 2.60 bits per heavy atom. The van der Waals surface area contributed by atoms with Crippen LogP contribution in [0.2, 0.25) is 10.0 Å². The van der Waals surface area contributed by atoms with E-state index < -0.39 is 0 Å². The molecule has 0 saturated carbocycles. The lowest BCUT2D eigenvalue weighted by atomic mass is 10.3. The normalized spacial score (nSPS) is 11.8. The fourth-order valence-corrected chi connectivity index (χ4v) is 3.68. The average Bonchev–Trinajstić information content (AvgIpc) is 3.10. The van der Waals surface area contributed by atoms with E-state index >= 15 is 0 Å². The number of carbonyl (C=O) groups excluding carboxylic acids is 1. The molecule has 3 aromatic rings. The van der Waals surface area contributed by atoms with E-state index in [2.05, 4.69) is 15.5 Å². The zero-order chi connectivity index (χ0) is 21.7. The van der Waals surface area contributed by atoms with Gasteiger partial charge >= 0.3 is 0 Å². The van der Waals surface area contributed by atoms with E-state index in [9.17, 15) is 4.79 Å². The fraction of sp³-hybridized carbons (Fsp3) is 0.250. The van der Waals surface area contributed by atoms with E-state index in [1.54, 1.807) is 29.9 Å². The van der Waals surface area contributed by atoms with Gasteiger partial charge in [0.25, 0.3) is 0 Å². The molecule has 3 rings (SSSR count). The number of aromatic nitrogens is 3. The Balaban J connectivity index is 1.60. The number of carbonyl (C=O) groups is 1. The highest BCUT2D eigenvalue weighted by Gasteiger charge is 2.19. The number of ether oxygens (including phenoxy) is 2. The van der Waals surface area contributed by atoms with Gasteiger partial charge in [-0.15, -0.1) is 10.2 Å². The molecule has 0 aliphatic rings. The predicted octanol–water partition coefficient (Wildman–Crippen LogP) is 5.00. The Morgan fingerprint density at radius 2 is 1.90 bits per heavy atom. The number of amides is 1. The minimum atomic E-state index is -0.363. The molecule has 0 radical (unpaired) electrons. The van der Waals surface area contributed by atoms with E-state index in [4.69, 9.17) is 32.7 Å². The second-order valence-corrected chi connectivity index (χ2v) is 8.03. The van der Waals surface area contributed by atoms with Crippen LogP contribution in [0, 0.1) is 0 Å². The molecular weight excluding hydrogens is 447 g/mol. The van der Waals surface area contributed by atoms with Crippen molar-refractivity contribution in [3.05, 3.63) is 58.3 Å². The first-order chi connectivity index (χ1) is 14.4. The number of hydrogen-bond donors (Lipinski definition) is 1. The third-order valence-corrected chi connectivity index (χ3v) is 5.90. The molecule has 30 heavy (non-hydrogen) atoms. The van der Waals surface area contributed by atoms with Crippen molar-refractivity contribution in [2.24, 2.45) is 7.05 Å². The summed E-state index contributed by atoms with van der Waals surface area (Å²) < 4.78 is 13.1. The summed E-state index contributed by atoms with van der Waals surface area (Å²) in [7, 11) is 3.42. The first kappa shape index (κ1) is 22.3. The molecule has 7 nitrogen and oxygen atoms in total. The zero-order valence-corrected chi connectivity index (χ0v) is 18.9. The molecule has 1 N–H and O–H groups in total. The molecule has 1 unspecified atom stereocenters. The van der Waals surface area contributed by atoms with Gasteiger partial charge in [0.2, 0.25) is 5.91 Å². The number of hydrogen-bond acceptors (Lipinski definition) is 6. The van der Waals surface area contributed by atoms with Gasteiger partial charge in [-0.3, -0.25) is 4.79 Å². The smallest absolute Gasteiger partial charge is 0.234 e. The maximum Gasteiger partial charge on any atom is 0.234 e. The summed E-state index contributed by atoms with van der Waals surface area (Å²) in [6, 6.07) is 12.3. The van der Waals surface area contributed by atoms with Crippen molar-refractivity contribution in [2.75, 3.05) is 18.2 Å². The number of thioether (sulfide) groups is 1. The van der Waals surface area contributed by atoms with Gasteiger partial charge in [-0.05, 0) is 37.3 Å². The minimum Gasteiger partial charge on any atom is -0.493 e. The summed E-state index contributed by atoms with van der Waals surface area (Å²) in [5, 5.41) is 12.6. The average molecular weight is 467 g/mol. The number of nitrogens with zero attached hydrogens (tertiary/aromatic N) is 3. The molecule has 10 heteroatoms. The lowest BCUT2D eigenvalue weighted by Gasteiger charge is -2.16. The topological polar surface area (TPSA) is 78.3 Å². The van der Waals surface area contributed by atoms with E-state index in [-0.39, 0.29) is 17.8 Å². The molecule has 0 aliphatic heterocycles. The molecule has 1 atom stereocenters. The SMILES string of the molecule is COc1ccccc1OC(C)c1nnc(SCC(=O)Nc2ccc(Cl)c(Cl)c2)n1C. The molecule has 0 bridgehead atoms. The van der Waals surface area contributed by atoms with Crippen LogP contribution in [0.25, 0.3) is 0 Å². The number of nitrogens with one attached hydrogen (secondary N) is 1. The maximum absolute atomic E-state index is 12.2. The van der Waals surface area contributed by atoms with Crippen molar-refractivity contribution in [1.29, 1.82) is 0 Å². The molecule has 0 saturated heterocycles. The van der Waals surface area contributed by atoms with Crippen LogP contribution in [0.15, 0.2) is 47.6 Å². The van der Waals surface area contributed by atoms with Crippen LogP contribution in [-0.4, -0.2) is 33.5 Å². The van der Waals surface area contributed by atoms with Crippen molar-refractivity contribution in [3.8, 4) is 11.5 Å². The summed E-state index contributed by atoms with van der Waals surface area (Å²) >= 11 is 13.1. The fourth-order valence-electron chi connectivity index (χ4n) is 2.67. The van der Waals surface area contributed by atoms with Gasteiger partial charge in [0.1, 0.15) is 0 Å². The van der Waals surface area contributed by atoms with Crippen LogP contribution < -0.4 is 14.8 Å². The highest BCUT2D eigenvalue weighted by atomic mass is 35.5. The molecule has 0 fully saturated rings. The molecule has 1 heterocycles. The minimum absolute atomic E-state index is 0.161. The van der Waals surface area contributed by atoms with Crippen molar-refractivity contribution < 1.29 is 14.3 Å². The van der Waals surface area contributed by atoms with Gasteiger partial charge in [-0.25, -0.2) is 0 Å². The Bertz CT molecular complexity index is 1040. The van der Waals surface area contributed by atoms with Crippen molar-refractivity contribution in [3.63, 3.8) is 0 Å². The van der Waals surface area contributed by atoms with E-state index in [1.807, 2.05) is 38.2 Å². The highest BCUT2D eigenvalue weighted by Crippen LogP contribution is 2.31. The Kier molecular flexibility index (Phi) is 7.47. The van der Waals surface area contributed by atoms with Gasteiger partial charge in [0, 0.05) is 12.7 Å². The van der Waals surface area contributed by atoms with Gasteiger partial charge in [0.05, 0.1) is 22.9 Å². The lowest BCUT2D eigenvalue weighted by molar-refractivity contribution is -0.113. The summed E-state index contributed by atoms with van der Waals surface area (Å²) in [4.78, 5) is 12.2. The maximum atomic E-state index is 12.2. The van der Waals surface area contributed by atoms with Gasteiger partial charge < -0.3 is 19.4 Å². The monoisotopic (exact) mass is 466 g/mol. The van der Waals surface area contributed by atoms with Gasteiger partial charge in [-0.2, -0.15) is 0 Å².